The molecule has 0 radical (unpaired) electrons. The molecule has 0 aliphatic rings. The Labute approximate surface area is 114 Å². The van der Waals surface area contributed by atoms with Gasteiger partial charge in [0.15, 0.2) is 10.4 Å². The number of fused-ring (bicyclic) bond motifs is 1. The highest BCUT2D eigenvalue weighted by molar-refractivity contribution is 7.71. The Kier molecular flexibility index (Phi) is 2.71. The summed E-state index contributed by atoms with van der Waals surface area (Å²) in [6, 6.07) is 8.49. The van der Waals surface area contributed by atoms with Crippen LogP contribution in [0.3, 0.4) is 0 Å². The highest BCUT2D eigenvalue weighted by atomic mass is 32.1. The summed E-state index contributed by atoms with van der Waals surface area (Å²) in [6.07, 6.45) is 0. The Bertz CT molecular complexity index is 832. The summed E-state index contributed by atoms with van der Waals surface area (Å²) in [5, 5.41) is 0. The van der Waals surface area contributed by atoms with Crippen molar-refractivity contribution in [3.05, 3.63) is 52.2 Å². The van der Waals surface area contributed by atoms with Gasteiger partial charge in [0, 0.05) is 5.69 Å². The number of aromatic nitrogens is 3. The quantitative estimate of drug-likeness (QED) is 0.683. The van der Waals surface area contributed by atoms with E-state index in [-0.39, 0.29) is 5.82 Å². The fourth-order valence-electron chi connectivity index (χ4n) is 2.13. The number of rotatable bonds is 1. The number of aromatic amines is 1. The van der Waals surface area contributed by atoms with Crippen LogP contribution in [0.2, 0.25) is 0 Å². The van der Waals surface area contributed by atoms with E-state index < -0.39 is 0 Å². The summed E-state index contributed by atoms with van der Waals surface area (Å²) in [5.74, 6) is -0.287. The summed E-state index contributed by atoms with van der Waals surface area (Å²) in [5.41, 5.74) is 4.12. The Hall–Kier alpha value is -2.01. The van der Waals surface area contributed by atoms with Crippen molar-refractivity contribution in [1.29, 1.82) is 0 Å². The van der Waals surface area contributed by atoms with Crippen LogP contribution < -0.4 is 0 Å². The summed E-state index contributed by atoms with van der Waals surface area (Å²) >= 11 is 5.33. The summed E-state index contributed by atoms with van der Waals surface area (Å²) in [7, 11) is 0. The molecule has 0 saturated carbocycles. The van der Waals surface area contributed by atoms with Gasteiger partial charge in [-0.15, -0.1) is 0 Å². The van der Waals surface area contributed by atoms with Gasteiger partial charge in [0.2, 0.25) is 0 Å². The number of nitrogens with one attached hydrogen (secondary N) is 1. The van der Waals surface area contributed by atoms with E-state index in [9.17, 15) is 4.39 Å². The van der Waals surface area contributed by atoms with E-state index in [1.807, 2.05) is 26.0 Å². The van der Waals surface area contributed by atoms with Crippen molar-refractivity contribution in [2.45, 2.75) is 13.8 Å². The molecular weight excluding hydrogens is 261 g/mol. The smallest absolute Gasteiger partial charge is 0.184 e. The first-order valence-corrected chi connectivity index (χ1v) is 6.32. The molecule has 0 bridgehead atoms. The van der Waals surface area contributed by atoms with Crippen molar-refractivity contribution < 1.29 is 4.39 Å². The van der Waals surface area contributed by atoms with Gasteiger partial charge in [-0.05, 0) is 55.9 Å². The molecule has 0 atom stereocenters. The fraction of sp³-hybridized carbons (Fsp3) is 0.143. The van der Waals surface area contributed by atoms with Crippen LogP contribution in [0.4, 0.5) is 4.39 Å². The van der Waals surface area contributed by atoms with Crippen LogP contribution in [0.5, 0.6) is 0 Å². The van der Waals surface area contributed by atoms with Crippen LogP contribution in [0, 0.1) is 24.4 Å². The number of imidazole rings is 1. The van der Waals surface area contributed by atoms with Crippen LogP contribution in [-0.2, 0) is 0 Å². The minimum absolute atomic E-state index is 0.287. The molecule has 5 heteroatoms. The standard InChI is InChI=1S/C14H12FN3S/c1-8-3-5-10(15)7-12(8)18-13-11(17-14(18)19)6-4-9(2)16-13/h3-7H,1-2H3,(H,17,19). The number of nitrogens with zero attached hydrogens (tertiary/aromatic N) is 2. The lowest BCUT2D eigenvalue weighted by Gasteiger charge is -2.08. The lowest BCUT2D eigenvalue weighted by atomic mass is 10.2. The predicted molar refractivity (Wildman–Crippen MR) is 75.7 cm³/mol. The van der Waals surface area contributed by atoms with Crippen molar-refractivity contribution in [1.82, 2.24) is 14.5 Å². The number of benzene rings is 1. The highest BCUT2D eigenvalue weighted by Gasteiger charge is 2.11. The number of pyridine rings is 1. The van der Waals surface area contributed by atoms with Crippen molar-refractivity contribution in [2.75, 3.05) is 0 Å². The number of aryl methyl sites for hydroxylation is 2. The summed E-state index contributed by atoms with van der Waals surface area (Å²) in [4.78, 5) is 7.58. The first-order valence-electron chi connectivity index (χ1n) is 5.91. The van der Waals surface area contributed by atoms with Crippen molar-refractivity contribution in [3.63, 3.8) is 0 Å². The minimum atomic E-state index is -0.287. The lowest BCUT2D eigenvalue weighted by Crippen LogP contribution is -1.99. The third kappa shape index (κ3) is 1.96. The summed E-state index contributed by atoms with van der Waals surface area (Å²) < 4.78 is 15.8. The second-order valence-corrected chi connectivity index (χ2v) is 4.91. The van der Waals surface area contributed by atoms with Crippen LogP contribution >= 0.6 is 12.2 Å². The molecule has 3 aromatic rings. The van der Waals surface area contributed by atoms with Gasteiger partial charge < -0.3 is 4.98 Å². The van der Waals surface area contributed by atoms with E-state index in [2.05, 4.69) is 9.97 Å². The molecule has 2 heterocycles. The van der Waals surface area contributed by atoms with E-state index in [4.69, 9.17) is 12.2 Å². The molecule has 96 valence electrons. The van der Waals surface area contributed by atoms with Crippen LogP contribution in [0.1, 0.15) is 11.3 Å². The van der Waals surface area contributed by atoms with E-state index in [0.29, 0.717) is 10.5 Å². The normalized spacial score (nSPS) is 11.1. The molecule has 0 spiro atoms. The molecule has 0 fully saturated rings. The SMILES string of the molecule is Cc1ccc2[nH]c(=S)n(-c3cc(F)ccc3C)c2n1. The van der Waals surface area contributed by atoms with Gasteiger partial charge in [0.1, 0.15) is 5.82 Å². The zero-order valence-electron chi connectivity index (χ0n) is 10.6. The molecule has 3 nitrogen and oxygen atoms in total. The van der Waals surface area contributed by atoms with E-state index in [1.165, 1.54) is 12.1 Å². The first kappa shape index (κ1) is 12.0. The highest BCUT2D eigenvalue weighted by Crippen LogP contribution is 2.21. The summed E-state index contributed by atoms with van der Waals surface area (Å²) in [6.45, 7) is 3.84. The third-order valence-electron chi connectivity index (χ3n) is 3.08. The van der Waals surface area contributed by atoms with Crippen molar-refractivity contribution >= 4 is 23.4 Å². The molecule has 0 saturated heterocycles. The van der Waals surface area contributed by atoms with Gasteiger partial charge in [-0.2, -0.15) is 0 Å². The number of H-pyrrole nitrogens is 1. The Morgan fingerprint density at radius 3 is 2.79 bits per heavy atom. The molecule has 0 aliphatic heterocycles. The molecule has 19 heavy (non-hydrogen) atoms. The average molecular weight is 273 g/mol. The number of halogens is 1. The fourth-order valence-corrected chi connectivity index (χ4v) is 2.42. The van der Waals surface area contributed by atoms with Crippen LogP contribution in [0.15, 0.2) is 30.3 Å². The molecule has 0 amide bonds. The average Bonchev–Trinajstić information content (AvgIpc) is 2.68. The molecule has 3 rings (SSSR count). The number of hydrogen-bond acceptors (Lipinski definition) is 2. The zero-order valence-corrected chi connectivity index (χ0v) is 11.4. The van der Waals surface area contributed by atoms with E-state index in [1.54, 1.807) is 10.6 Å². The van der Waals surface area contributed by atoms with Gasteiger partial charge in [0.05, 0.1) is 11.2 Å². The van der Waals surface area contributed by atoms with Gasteiger partial charge in [-0.1, -0.05) is 6.07 Å². The lowest BCUT2D eigenvalue weighted by molar-refractivity contribution is 0.626. The Morgan fingerprint density at radius 2 is 2.00 bits per heavy atom. The predicted octanol–water partition coefficient (Wildman–Crippen LogP) is 3.84. The van der Waals surface area contributed by atoms with Crippen LogP contribution in [-0.4, -0.2) is 14.5 Å². The molecule has 1 aromatic carbocycles. The van der Waals surface area contributed by atoms with Gasteiger partial charge >= 0.3 is 0 Å². The first-order chi connectivity index (χ1) is 9.06. The minimum Gasteiger partial charge on any atom is -0.329 e. The van der Waals surface area contributed by atoms with E-state index in [0.717, 1.165) is 22.4 Å². The largest absolute Gasteiger partial charge is 0.329 e. The van der Waals surface area contributed by atoms with Gasteiger partial charge in [0.25, 0.3) is 0 Å². The van der Waals surface area contributed by atoms with Gasteiger partial charge in [-0.25, -0.2) is 9.37 Å². The number of hydrogen-bond donors (Lipinski definition) is 1. The monoisotopic (exact) mass is 273 g/mol. The molecule has 0 aliphatic carbocycles. The van der Waals surface area contributed by atoms with Crippen molar-refractivity contribution in [3.8, 4) is 5.69 Å². The Balaban J connectivity index is 2.42. The third-order valence-corrected chi connectivity index (χ3v) is 3.37. The molecule has 1 N–H and O–H groups in total. The van der Waals surface area contributed by atoms with Crippen molar-refractivity contribution in [2.24, 2.45) is 0 Å². The molecule has 0 unspecified atom stereocenters. The Morgan fingerprint density at radius 1 is 1.21 bits per heavy atom. The van der Waals surface area contributed by atoms with E-state index >= 15 is 0 Å². The zero-order chi connectivity index (χ0) is 13.6. The second-order valence-electron chi connectivity index (χ2n) is 4.52. The maximum atomic E-state index is 13.5. The molecule has 2 aromatic heterocycles. The topological polar surface area (TPSA) is 33.6 Å². The van der Waals surface area contributed by atoms with Gasteiger partial charge in [-0.3, -0.25) is 4.57 Å². The maximum absolute atomic E-state index is 13.5. The van der Waals surface area contributed by atoms with Crippen LogP contribution in [0.25, 0.3) is 16.9 Å². The maximum Gasteiger partial charge on any atom is 0.184 e. The molecular formula is C14H12FN3S. The second kappa shape index (κ2) is 4.28.